The molecule has 132 valence electrons. The van der Waals surface area contributed by atoms with Gasteiger partial charge < -0.3 is 19.3 Å². The molecule has 1 fully saturated rings. The van der Waals surface area contributed by atoms with Gasteiger partial charge in [-0.2, -0.15) is 0 Å². The number of ether oxygens (including phenoxy) is 2. The van der Waals surface area contributed by atoms with Crippen LogP contribution in [0.5, 0.6) is 11.5 Å². The molecule has 2 amide bonds. The van der Waals surface area contributed by atoms with Crippen molar-refractivity contribution in [2.45, 2.75) is 33.2 Å². The number of nitrogens with zero attached hydrogens (tertiary/aromatic N) is 2. The Morgan fingerprint density at radius 1 is 1.17 bits per heavy atom. The zero-order valence-corrected chi connectivity index (χ0v) is 15.0. The quantitative estimate of drug-likeness (QED) is 0.829. The Kier molecular flexibility index (Phi) is 5.70. The molecule has 1 aliphatic rings. The Labute approximate surface area is 143 Å². The Hall–Kier alpha value is -2.24. The van der Waals surface area contributed by atoms with Crippen molar-refractivity contribution in [1.29, 1.82) is 0 Å². The van der Waals surface area contributed by atoms with E-state index in [1.54, 1.807) is 49.1 Å². The number of hydrogen-bond donors (Lipinski definition) is 0. The summed E-state index contributed by atoms with van der Waals surface area (Å²) in [6.45, 7) is 6.78. The van der Waals surface area contributed by atoms with Gasteiger partial charge in [0.1, 0.15) is 17.5 Å². The van der Waals surface area contributed by atoms with E-state index in [1.807, 2.05) is 13.8 Å². The summed E-state index contributed by atoms with van der Waals surface area (Å²) in [6, 6.07) is 4.90. The largest absolute Gasteiger partial charge is 0.497 e. The smallest absolute Gasteiger partial charge is 0.249 e. The van der Waals surface area contributed by atoms with E-state index in [-0.39, 0.29) is 17.7 Å². The van der Waals surface area contributed by atoms with Crippen LogP contribution in [0.25, 0.3) is 0 Å². The van der Waals surface area contributed by atoms with E-state index < -0.39 is 6.04 Å². The summed E-state index contributed by atoms with van der Waals surface area (Å²) in [4.78, 5) is 28.5. The van der Waals surface area contributed by atoms with Crippen LogP contribution in [0.4, 0.5) is 5.69 Å². The summed E-state index contributed by atoms with van der Waals surface area (Å²) < 4.78 is 10.5. The van der Waals surface area contributed by atoms with Crippen molar-refractivity contribution >= 4 is 17.5 Å². The minimum absolute atomic E-state index is 0.0359. The third-order valence-corrected chi connectivity index (χ3v) is 4.21. The maximum Gasteiger partial charge on any atom is 0.249 e. The number of benzene rings is 1. The van der Waals surface area contributed by atoms with Gasteiger partial charge in [0.2, 0.25) is 11.8 Å². The standard InChI is InChI=1S/C18H26N2O4/c1-12(2)8-17(21)19-6-7-20(18(22)13(19)3)14-9-15(23-4)11-16(10-14)24-5/h9-13H,6-8H2,1-5H3. The Bertz CT molecular complexity index is 593. The molecular formula is C18H26N2O4. The fourth-order valence-electron chi connectivity index (χ4n) is 2.88. The molecule has 24 heavy (non-hydrogen) atoms. The lowest BCUT2D eigenvalue weighted by molar-refractivity contribution is -0.141. The van der Waals surface area contributed by atoms with E-state index in [0.29, 0.717) is 31.0 Å². The van der Waals surface area contributed by atoms with Crippen molar-refractivity contribution in [3.8, 4) is 11.5 Å². The van der Waals surface area contributed by atoms with Gasteiger partial charge in [-0.3, -0.25) is 9.59 Å². The summed E-state index contributed by atoms with van der Waals surface area (Å²) in [5.41, 5.74) is 0.721. The lowest BCUT2D eigenvalue weighted by Gasteiger charge is -2.39. The van der Waals surface area contributed by atoms with Gasteiger partial charge in [0.05, 0.1) is 19.9 Å². The first-order valence-electron chi connectivity index (χ1n) is 8.21. The SMILES string of the molecule is COc1cc(OC)cc(N2CCN(C(=O)CC(C)C)C(C)C2=O)c1. The second-order valence-corrected chi connectivity index (χ2v) is 6.42. The number of methoxy groups -OCH3 is 2. The second-order valence-electron chi connectivity index (χ2n) is 6.42. The van der Waals surface area contributed by atoms with Gasteiger partial charge in [0.15, 0.2) is 0 Å². The van der Waals surface area contributed by atoms with Crippen LogP contribution >= 0.6 is 0 Å². The normalized spacial score (nSPS) is 18.1. The summed E-state index contributed by atoms with van der Waals surface area (Å²) in [6.07, 6.45) is 0.463. The first-order chi connectivity index (χ1) is 11.4. The summed E-state index contributed by atoms with van der Waals surface area (Å²) in [5.74, 6) is 1.48. The van der Waals surface area contributed by atoms with Crippen LogP contribution in [0, 0.1) is 5.92 Å². The monoisotopic (exact) mass is 334 g/mol. The average Bonchev–Trinajstić information content (AvgIpc) is 2.55. The average molecular weight is 334 g/mol. The number of rotatable bonds is 5. The molecule has 1 saturated heterocycles. The fraction of sp³-hybridized carbons (Fsp3) is 0.556. The molecule has 1 aromatic carbocycles. The highest BCUT2D eigenvalue weighted by Gasteiger charge is 2.35. The molecule has 1 unspecified atom stereocenters. The molecule has 0 aromatic heterocycles. The van der Waals surface area contributed by atoms with Crippen LogP contribution in [0.3, 0.4) is 0 Å². The van der Waals surface area contributed by atoms with Gasteiger partial charge in [-0.15, -0.1) is 0 Å². The molecule has 0 radical (unpaired) electrons. The highest BCUT2D eigenvalue weighted by atomic mass is 16.5. The van der Waals surface area contributed by atoms with Crippen LogP contribution in [0.15, 0.2) is 18.2 Å². The molecule has 6 heteroatoms. The highest BCUT2D eigenvalue weighted by Crippen LogP contribution is 2.30. The first kappa shape index (κ1) is 18.1. The summed E-state index contributed by atoms with van der Waals surface area (Å²) >= 11 is 0. The van der Waals surface area contributed by atoms with Crippen molar-refractivity contribution in [2.24, 2.45) is 5.92 Å². The molecule has 0 N–H and O–H groups in total. The number of hydrogen-bond acceptors (Lipinski definition) is 4. The van der Waals surface area contributed by atoms with Gasteiger partial charge >= 0.3 is 0 Å². The first-order valence-corrected chi connectivity index (χ1v) is 8.21. The van der Waals surface area contributed by atoms with E-state index in [4.69, 9.17) is 9.47 Å². The third kappa shape index (κ3) is 3.80. The lowest BCUT2D eigenvalue weighted by Crippen LogP contribution is -2.57. The minimum Gasteiger partial charge on any atom is -0.497 e. The number of piperazine rings is 1. The van der Waals surface area contributed by atoms with Crippen LogP contribution in [0.2, 0.25) is 0 Å². The molecular weight excluding hydrogens is 308 g/mol. The van der Waals surface area contributed by atoms with Gasteiger partial charge in [-0.25, -0.2) is 0 Å². The molecule has 1 aromatic rings. The van der Waals surface area contributed by atoms with Crippen molar-refractivity contribution in [3.05, 3.63) is 18.2 Å². The van der Waals surface area contributed by atoms with E-state index in [1.165, 1.54) is 0 Å². The van der Waals surface area contributed by atoms with E-state index >= 15 is 0 Å². The number of anilines is 1. The zero-order chi connectivity index (χ0) is 17.9. The summed E-state index contributed by atoms with van der Waals surface area (Å²) in [5, 5.41) is 0. The van der Waals surface area contributed by atoms with E-state index in [9.17, 15) is 9.59 Å². The van der Waals surface area contributed by atoms with Crippen LogP contribution in [0.1, 0.15) is 27.2 Å². The Balaban J connectivity index is 2.21. The maximum absolute atomic E-state index is 12.8. The van der Waals surface area contributed by atoms with Crippen LogP contribution < -0.4 is 14.4 Å². The predicted molar refractivity (Wildman–Crippen MR) is 92.5 cm³/mol. The molecule has 2 rings (SSSR count). The van der Waals surface area contributed by atoms with Crippen LogP contribution in [-0.2, 0) is 9.59 Å². The second kappa shape index (κ2) is 7.55. The van der Waals surface area contributed by atoms with Gasteiger partial charge in [0.25, 0.3) is 0 Å². The van der Waals surface area contributed by atoms with Gasteiger partial charge in [-0.05, 0) is 12.8 Å². The van der Waals surface area contributed by atoms with Crippen LogP contribution in [-0.4, -0.2) is 50.1 Å². The molecule has 1 aliphatic heterocycles. The third-order valence-electron chi connectivity index (χ3n) is 4.21. The summed E-state index contributed by atoms with van der Waals surface area (Å²) in [7, 11) is 3.15. The zero-order valence-electron chi connectivity index (χ0n) is 15.0. The Morgan fingerprint density at radius 2 is 1.75 bits per heavy atom. The van der Waals surface area contributed by atoms with E-state index in [0.717, 1.165) is 5.69 Å². The van der Waals surface area contributed by atoms with Crippen molar-refractivity contribution < 1.29 is 19.1 Å². The topological polar surface area (TPSA) is 59.1 Å². The predicted octanol–water partition coefficient (Wildman–Crippen LogP) is 2.31. The molecule has 6 nitrogen and oxygen atoms in total. The minimum atomic E-state index is -0.470. The molecule has 0 saturated carbocycles. The van der Waals surface area contributed by atoms with Crippen molar-refractivity contribution in [3.63, 3.8) is 0 Å². The molecule has 0 bridgehead atoms. The maximum atomic E-state index is 12.8. The molecule has 0 aliphatic carbocycles. The number of carbonyl (C=O) groups excluding carboxylic acids is 2. The van der Waals surface area contributed by atoms with Gasteiger partial charge in [0, 0.05) is 37.7 Å². The Morgan fingerprint density at radius 3 is 2.25 bits per heavy atom. The molecule has 0 spiro atoms. The van der Waals surface area contributed by atoms with Gasteiger partial charge in [-0.1, -0.05) is 13.8 Å². The fourth-order valence-corrected chi connectivity index (χ4v) is 2.88. The molecule has 1 heterocycles. The number of amides is 2. The molecule has 1 atom stereocenters. The van der Waals surface area contributed by atoms with Crippen molar-refractivity contribution in [2.75, 3.05) is 32.2 Å². The highest BCUT2D eigenvalue weighted by molar-refractivity contribution is 6.00. The van der Waals surface area contributed by atoms with Crippen molar-refractivity contribution in [1.82, 2.24) is 4.90 Å². The lowest BCUT2D eigenvalue weighted by atomic mass is 10.1. The van der Waals surface area contributed by atoms with E-state index in [2.05, 4.69) is 0 Å². The number of carbonyl (C=O) groups is 2.